The average molecular weight is 339 g/mol. The third kappa shape index (κ3) is 3.40. The Morgan fingerprint density at radius 3 is 2.64 bits per heavy atom. The third-order valence-electron chi connectivity index (χ3n) is 4.13. The first kappa shape index (κ1) is 16.8. The molecule has 3 rings (SSSR count). The van der Waals surface area contributed by atoms with Gasteiger partial charge in [0.2, 0.25) is 5.89 Å². The van der Waals surface area contributed by atoms with E-state index in [0.29, 0.717) is 17.3 Å². The number of hydrogen-bond acceptors (Lipinski definition) is 5. The minimum absolute atomic E-state index is 0.0403. The first-order valence-electron chi connectivity index (χ1n) is 8.13. The van der Waals surface area contributed by atoms with Crippen LogP contribution in [0.3, 0.4) is 0 Å². The van der Waals surface area contributed by atoms with Crippen LogP contribution in [0, 0.1) is 5.92 Å². The fraction of sp³-hybridized carbons (Fsp3) is 0.278. The molecule has 0 spiro atoms. The molecule has 0 bridgehead atoms. The lowest BCUT2D eigenvalue weighted by atomic mass is 10.1. The van der Waals surface area contributed by atoms with Crippen molar-refractivity contribution in [2.24, 2.45) is 5.92 Å². The predicted octanol–water partition coefficient (Wildman–Crippen LogP) is 2.88. The molecule has 2 aromatic heterocycles. The van der Waals surface area contributed by atoms with Gasteiger partial charge in [-0.05, 0) is 25.0 Å². The summed E-state index contributed by atoms with van der Waals surface area (Å²) in [5.74, 6) is 0.720. The molecule has 3 aromatic rings. The third-order valence-corrected chi connectivity index (χ3v) is 4.13. The van der Waals surface area contributed by atoms with Crippen molar-refractivity contribution in [2.45, 2.75) is 26.8 Å². The molecule has 7 heteroatoms. The van der Waals surface area contributed by atoms with Crippen LogP contribution in [0.2, 0.25) is 0 Å². The minimum Gasteiger partial charge on any atom is -0.443 e. The molecule has 1 unspecified atom stereocenters. The number of oxazole rings is 1. The molecule has 3 N–H and O–H groups in total. The van der Waals surface area contributed by atoms with Crippen molar-refractivity contribution in [1.82, 2.24) is 20.1 Å². The van der Waals surface area contributed by atoms with Crippen molar-refractivity contribution >= 4 is 11.7 Å². The molecule has 0 aliphatic rings. The van der Waals surface area contributed by atoms with Crippen LogP contribution in [-0.2, 0) is 0 Å². The Labute approximate surface area is 145 Å². The van der Waals surface area contributed by atoms with Gasteiger partial charge in [0.15, 0.2) is 5.69 Å². The number of carbonyl (C=O) groups excluding carboxylic acids is 1. The summed E-state index contributed by atoms with van der Waals surface area (Å²) < 4.78 is 7.04. The summed E-state index contributed by atoms with van der Waals surface area (Å²) in [5, 5.41) is 7.17. The molecule has 7 nitrogen and oxygen atoms in total. The lowest BCUT2D eigenvalue weighted by molar-refractivity contribution is 0.0925. The van der Waals surface area contributed by atoms with Crippen molar-refractivity contribution in [3.63, 3.8) is 0 Å². The van der Waals surface area contributed by atoms with Crippen LogP contribution in [0.15, 0.2) is 47.2 Å². The molecule has 0 saturated carbocycles. The Morgan fingerprint density at radius 2 is 1.96 bits per heavy atom. The number of nitrogens with one attached hydrogen (secondary N) is 1. The zero-order valence-electron chi connectivity index (χ0n) is 14.4. The molecular weight excluding hydrogens is 318 g/mol. The molecule has 0 saturated heterocycles. The molecule has 0 fully saturated rings. The summed E-state index contributed by atoms with van der Waals surface area (Å²) in [6, 6.07) is 9.56. The van der Waals surface area contributed by atoms with E-state index in [1.54, 1.807) is 10.9 Å². The summed E-state index contributed by atoms with van der Waals surface area (Å²) >= 11 is 0. The number of hydrogen-bond donors (Lipinski definition) is 2. The van der Waals surface area contributed by atoms with Gasteiger partial charge in [-0.15, -0.1) is 0 Å². The number of benzene rings is 1. The Morgan fingerprint density at radius 1 is 1.24 bits per heavy atom. The second kappa shape index (κ2) is 6.80. The lowest BCUT2D eigenvalue weighted by Gasteiger charge is -2.16. The molecule has 1 amide bonds. The van der Waals surface area contributed by atoms with Crippen molar-refractivity contribution in [2.75, 3.05) is 5.73 Å². The molecule has 0 radical (unpaired) electrons. The highest BCUT2D eigenvalue weighted by Gasteiger charge is 2.20. The number of carbonyl (C=O) groups is 1. The van der Waals surface area contributed by atoms with Crippen molar-refractivity contribution in [3.05, 3.63) is 48.5 Å². The van der Waals surface area contributed by atoms with Crippen LogP contribution < -0.4 is 11.1 Å². The van der Waals surface area contributed by atoms with Crippen LogP contribution in [0.4, 0.5) is 5.82 Å². The zero-order valence-corrected chi connectivity index (χ0v) is 14.4. The maximum Gasteiger partial charge on any atom is 0.273 e. The number of nitrogens with zero attached hydrogens (tertiary/aromatic N) is 3. The van der Waals surface area contributed by atoms with Crippen molar-refractivity contribution in [3.8, 4) is 17.1 Å². The van der Waals surface area contributed by atoms with Crippen molar-refractivity contribution < 1.29 is 9.21 Å². The minimum atomic E-state index is -0.273. The Kier molecular flexibility index (Phi) is 4.56. The summed E-state index contributed by atoms with van der Waals surface area (Å²) in [5.41, 5.74) is 7.77. The fourth-order valence-electron chi connectivity index (χ4n) is 2.25. The SMILES string of the molecule is CC(C)C(C)NC(=O)c1coc(-c2cnn(-c3ccccc3)c2N)n1. The average Bonchev–Trinajstić information content (AvgIpc) is 3.22. The predicted molar refractivity (Wildman–Crippen MR) is 95.2 cm³/mol. The Bertz CT molecular complexity index is 867. The van der Waals surface area contributed by atoms with Crippen LogP contribution in [0.5, 0.6) is 0 Å². The van der Waals surface area contributed by atoms with Crippen LogP contribution in [0.25, 0.3) is 17.1 Å². The summed E-state index contributed by atoms with van der Waals surface area (Å²) in [7, 11) is 0. The molecule has 1 aromatic carbocycles. The van der Waals surface area contributed by atoms with Crippen LogP contribution in [0.1, 0.15) is 31.3 Å². The molecule has 2 heterocycles. The topological polar surface area (TPSA) is 99.0 Å². The first-order chi connectivity index (χ1) is 12.0. The number of nitrogen functional groups attached to an aromatic ring is 1. The summed E-state index contributed by atoms with van der Waals surface area (Å²) in [6.45, 7) is 6.03. The van der Waals surface area contributed by atoms with Gasteiger partial charge in [0.05, 0.1) is 17.4 Å². The van der Waals surface area contributed by atoms with E-state index in [9.17, 15) is 4.79 Å². The van der Waals surface area contributed by atoms with Crippen LogP contribution in [-0.4, -0.2) is 26.7 Å². The molecule has 130 valence electrons. The molecule has 25 heavy (non-hydrogen) atoms. The van der Waals surface area contributed by atoms with E-state index in [2.05, 4.69) is 15.4 Å². The molecule has 1 atom stereocenters. The van der Waals surface area contributed by atoms with E-state index in [1.165, 1.54) is 6.26 Å². The van der Waals surface area contributed by atoms with E-state index < -0.39 is 0 Å². The van der Waals surface area contributed by atoms with Gasteiger partial charge < -0.3 is 15.5 Å². The lowest BCUT2D eigenvalue weighted by Crippen LogP contribution is -2.36. The van der Waals surface area contributed by atoms with E-state index in [1.807, 2.05) is 51.1 Å². The second-order valence-corrected chi connectivity index (χ2v) is 6.23. The highest BCUT2D eigenvalue weighted by atomic mass is 16.3. The molecular formula is C18H21N5O2. The molecule has 0 aliphatic carbocycles. The van der Waals surface area contributed by atoms with Gasteiger partial charge in [-0.2, -0.15) is 5.10 Å². The van der Waals surface area contributed by atoms with E-state index in [0.717, 1.165) is 5.69 Å². The van der Waals surface area contributed by atoms with E-state index in [-0.39, 0.29) is 23.5 Å². The second-order valence-electron chi connectivity index (χ2n) is 6.23. The maximum absolute atomic E-state index is 12.2. The summed E-state index contributed by atoms with van der Waals surface area (Å²) in [4.78, 5) is 16.5. The summed E-state index contributed by atoms with van der Waals surface area (Å²) in [6.07, 6.45) is 2.91. The van der Waals surface area contributed by atoms with Crippen molar-refractivity contribution in [1.29, 1.82) is 0 Å². The van der Waals surface area contributed by atoms with Gasteiger partial charge >= 0.3 is 0 Å². The van der Waals surface area contributed by atoms with Gasteiger partial charge in [0.1, 0.15) is 12.1 Å². The number of anilines is 1. The number of para-hydroxylation sites is 1. The molecule has 0 aliphatic heterocycles. The highest BCUT2D eigenvalue weighted by molar-refractivity contribution is 5.92. The fourth-order valence-corrected chi connectivity index (χ4v) is 2.25. The van der Waals surface area contributed by atoms with Gasteiger partial charge in [-0.1, -0.05) is 32.0 Å². The zero-order chi connectivity index (χ0) is 18.0. The van der Waals surface area contributed by atoms with Gasteiger partial charge in [-0.25, -0.2) is 9.67 Å². The number of aromatic nitrogens is 3. The smallest absolute Gasteiger partial charge is 0.273 e. The highest BCUT2D eigenvalue weighted by Crippen LogP contribution is 2.27. The van der Waals surface area contributed by atoms with E-state index in [4.69, 9.17) is 10.2 Å². The number of amides is 1. The Hall–Kier alpha value is -3.09. The first-order valence-corrected chi connectivity index (χ1v) is 8.13. The largest absolute Gasteiger partial charge is 0.443 e. The Balaban J connectivity index is 1.84. The number of nitrogens with two attached hydrogens (primary N) is 1. The van der Waals surface area contributed by atoms with Gasteiger partial charge in [0.25, 0.3) is 5.91 Å². The van der Waals surface area contributed by atoms with Gasteiger partial charge in [0, 0.05) is 6.04 Å². The maximum atomic E-state index is 12.2. The van der Waals surface area contributed by atoms with E-state index >= 15 is 0 Å². The standard InChI is InChI=1S/C18H21N5O2/c1-11(2)12(3)21-17(24)15-10-25-18(22-15)14-9-20-23(16(14)19)13-7-5-4-6-8-13/h4-12H,19H2,1-3H3,(H,21,24). The monoisotopic (exact) mass is 339 g/mol. The van der Waals surface area contributed by atoms with Gasteiger partial charge in [-0.3, -0.25) is 4.79 Å². The normalized spacial score (nSPS) is 12.3. The van der Waals surface area contributed by atoms with Crippen LogP contribution >= 0.6 is 0 Å². The quantitative estimate of drug-likeness (QED) is 0.744. The number of rotatable bonds is 5.